The summed E-state index contributed by atoms with van der Waals surface area (Å²) in [5, 5.41) is 0. The van der Waals surface area contributed by atoms with Gasteiger partial charge in [0.1, 0.15) is 5.75 Å². The second kappa shape index (κ2) is 11.1. The largest absolute Gasteiger partial charge is 0.493 e. The van der Waals surface area contributed by atoms with Gasteiger partial charge < -0.3 is 18.9 Å². The molecule has 8 heteroatoms. The molecule has 0 aliphatic heterocycles. The van der Waals surface area contributed by atoms with Crippen molar-refractivity contribution >= 4 is 11.8 Å². The van der Waals surface area contributed by atoms with E-state index in [9.17, 15) is 9.59 Å². The average molecular weight is 431 g/mol. The zero-order valence-corrected chi connectivity index (χ0v) is 18.8. The zero-order valence-electron chi connectivity index (χ0n) is 18.8. The summed E-state index contributed by atoms with van der Waals surface area (Å²) < 4.78 is 21.8. The molecule has 0 fully saturated rings. The van der Waals surface area contributed by atoms with Crippen molar-refractivity contribution in [3.8, 4) is 23.0 Å². The maximum Gasteiger partial charge on any atom is 0.279 e. The molecule has 2 aromatic carbocycles. The standard InChI is InChI=1S/C23H30N2O6/c1-14-8-7-9-18(15(14)2)31-16(3)23(27)25-24-20(26)13-11-17-10-12-19(28-4)22(30-6)21(17)29-5/h7-10,12,16H,11,13H2,1-6H3,(H,24,26)(H,25,27). The van der Waals surface area contributed by atoms with Gasteiger partial charge in [-0.3, -0.25) is 20.4 Å². The quantitative estimate of drug-likeness (QED) is 0.594. The minimum absolute atomic E-state index is 0.137. The fourth-order valence-electron chi connectivity index (χ4n) is 3.00. The molecule has 31 heavy (non-hydrogen) atoms. The lowest BCUT2D eigenvalue weighted by atomic mass is 10.1. The Morgan fingerprint density at radius 1 is 0.903 bits per heavy atom. The van der Waals surface area contributed by atoms with E-state index in [1.54, 1.807) is 19.1 Å². The summed E-state index contributed by atoms with van der Waals surface area (Å²) in [6, 6.07) is 9.21. The second-order valence-electron chi connectivity index (χ2n) is 6.99. The van der Waals surface area contributed by atoms with Crippen LogP contribution in [0.25, 0.3) is 0 Å². The van der Waals surface area contributed by atoms with E-state index in [1.165, 1.54) is 21.3 Å². The van der Waals surface area contributed by atoms with E-state index in [0.29, 0.717) is 29.4 Å². The predicted molar refractivity (Wildman–Crippen MR) is 117 cm³/mol. The van der Waals surface area contributed by atoms with Crippen molar-refractivity contribution in [1.82, 2.24) is 10.9 Å². The van der Waals surface area contributed by atoms with Crippen LogP contribution >= 0.6 is 0 Å². The van der Waals surface area contributed by atoms with Crippen LogP contribution in [0.4, 0.5) is 0 Å². The van der Waals surface area contributed by atoms with E-state index >= 15 is 0 Å². The number of amides is 2. The van der Waals surface area contributed by atoms with Gasteiger partial charge in [-0.1, -0.05) is 18.2 Å². The van der Waals surface area contributed by atoms with Crippen molar-refractivity contribution in [3.05, 3.63) is 47.0 Å². The van der Waals surface area contributed by atoms with Crippen LogP contribution in [0.5, 0.6) is 23.0 Å². The molecule has 0 spiro atoms. The van der Waals surface area contributed by atoms with Gasteiger partial charge in [0.2, 0.25) is 11.7 Å². The summed E-state index contributed by atoms with van der Waals surface area (Å²) in [6.45, 7) is 5.53. The van der Waals surface area contributed by atoms with Crippen molar-refractivity contribution < 1.29 is 28.5 Å². The molecule has 0 aromatic heterocycles. The van der Waals surface area contributed by atoms with Gasteiger partial charge in [-0.2, -0.15) is 0 Å². The average Bonchev–Trinajstić information content (AvgIpc) is 2.77. The van der Waals surface area contributed by atoms with Crippen molar-refractivity contribution in [1.29, 1.82) is 0 Å². The van der Waals surface area contributed by atoms with Crippen LogP contribution in [0.2, 0.25) is 0 Å². The monoisotopic (exact) mass is 430 g/mol. The van der Waals surface area contributed by atoms with Gasteiger partial charge >= 0.3 is 0 Å². The molecule has 2 aromatic rings. The molecule has 2 rings (SSSR count). The lowest BCUT2D eigenvalue weighted by molar-refractivity contribution is -0.132. The first-order valence-corrected chi connectivity index (χ1v) is 9.91. The van der Waals surface area contributed by atoms with Crippen LogP contribution in [0, 0.1) is 13.8 Å². The number of nitrogens with one attached hydrogen (secondary N) is 2. The van der Waals surface area contributed by atoms with Crippen LogP contribution in [0.15, 0.2) is 30.3 Å². The molecule has 0 aliphatic rings. The molecular weight excluding hydrogens is 400 g/mol. The number of methoxy groups -OCH3 is 3. The summed E-state index contributed by atoms with van der Waals surface area (Å²) in [4.78, 5) is 24.5. The Morgan fingerprint density at radius 2 is 1.61 bits per heavy atom. The Hall–Kier alpha value is -3.42. The fraction of sp³-hybridized carbons (Fsp3) is 0.391. The number of carbonyl (C=O) groups is 2. The third-order valence-corrected chi connectivity index (χ3v) is 4.96. The highest BCUT2D eigenvalue weighted by Crippen LogP contribution is 2.40. The lowest BCUT2D eigenvalue weighted by Crippen LogP contribution is -2.47. The Kier molecular flexibility index (Phi) is 8.54. The summed E-state index contributed by atoms with van der Waals surface area (Å²) in [7, 11) is 4.59. The molecule has 0 bridgehead atoms. The van der Waals surface area contributed by atoms with E-state index in [1.807, 2.05) is 32.0 Å². The molecule has 168 valence electrons. The van der Waals surface area contributed by atoms with E-state index in [0.717, 1.165) is 16.7 Å². The third-order valence-electron chi connectivity index (χ3n) is 4.96. The molecule has 2 amide bonds. The Bertz CT molecular complexity index is 929. The molecular formula is C23H30N2O6. The van der Waals surface area contributed by atoms with Gasteiger partial charge in [-0.05, 0) is 56.0 Å². The van der Waals surface area contributed by atoms with Gasteiger partial charge in [-0.25, -0.2) is 0 Å². The van der Waals surface area contributed by atoms with Crippen molar-refractivity contribution in [2.75, 3.05) is 21.3 Å². The first-order chi connectivity index (χ1) is 14.8. The number of hydrazine groups is 1. The highest BCUT2D eigenvalue weighted by molar-refractivity contribution is 5.84. The number of hydrogen-bond acceptors (Lipinski definition) is 6. The first-order valence-electron chi connectivity index (χ1n) is 9.91. The van der Waals surface area contributed by atoms with Gasteiger partial charge in [0, 0.05) is 6.42 Å². The summed E-state index contributed by atoms with van der Waals surface area (Å²) >= 11 is 0. The number of carbonyl (C=O) groups excluding carboxylic acids is 2. The maximum atomic E-state index is 12.3. The molecule has 0 radical (unpaired) electrons. The SMILES string of the molecule is COc1ccc(CCC(=O)NNC(=O)C(C)Oc2cccc(C)c2C)c(OC)c1OC. The van der Waals surface area contributed by atoms with E-state index < -0.39 is 12.0 Å². The number of aryl methyl sites for hydroxylation is 2. The molecule has 0 saturated heterocycles. The van der Waals surface area contributed by atoms with Gasteiger partial charge in [-0.15, -0.1) is 0 Å². The molecule has 0 heterocycles. The van der Waals surface area contributed by atoms with Crippen LogP contribution in [-0.2, 0) is 16.0 Å². The number of hydrogen-bond donors (Lipinski definition) is 2. The van der Waals surface area contributed by atoms with Crippen molar-refractivity contribution in [3.63, 3.8) is 0 Å². The van der Waals surface area contributed by atoms with E-state index in [-0.39, 0.29) is 12.3 Å². The highest BCUT2D eigenvalue weighted by atomic mass is 16.5. The minimum atomic E-state index is -0.772. The van der Waals surface area contributed by atoms with Crippen LogP contribution in [0.1, 0.15) is 30.0 Å². The van der Waals surface area contributed by atoms with Crippen LogP contribution < -0.4 is 29.8 Å². The number of rotatable bonds is 9. The van der Waals surface area contributed by atoms with E-state index in [4.69, 9.17) is 18.9 Å². The molecule has 1 unspecified atom stereocenters. The van der Waals surface area contributed by atoms with Crippen molar-refractivity contribution in [2.24, 2.45) is 0 Å². The number of benzene rings is 2. The summed E-state index contributed by atoms with van der Waals surface area (Å²) in [5.74, 6) is 1.36. The highest BCUT2D eigenvalue weighted by Gasteiger charge is 2.18. The Labute approximate surface area is 182 Å². The predicted octanol–water partition coefficient (Wildman–Crippen LogP) is 2.88. The third kappa shape index (κ3) is 6.04. The smallest absolute Gasteiger partial charge is 0.279 e. The first kappa shape index (κ1) is 23.9. The molecule has 0 aliphatic carbocycles. The Morgan fingerprint density at radius 3 is 2.26 bits per heavy atom. The maximum absolute atomic E-state index is 12.3. The van der Waals surface area contributed by atoms with E-state index in [2.05, 4.69) is 10.9 Å². The van der Waals surface area contributed by atoms with Crippen LogP contribution in [0.3, 0.4) is 0 Å². The minimum Gasteiger partial charge on any atom is -0.493 e. The molecule has 1 atom stereocenters. The zero-order chi connectivity index (χ0) is 23.0. The Balaban J connectivity index is 1.89. The van der Waals surface area contributed by atoms with Gasteiger partial charge in [0.05, 0.1) is 21.3 Å². The van der Waals surface area contributed by atoms with Crippen LogP contribution in [-0.4, -0.2) is 39.2 Å². The molecule has 8 nitrogen and oxygen atoms in total. The van der Waals surface area contributed by atoms with Gasteiger partial charge in [0.25, 0.3) is 5.91 Å². The number of ether oxygens (including phenoxy) is 4. The van der Waals surface area contributed by atoms with Gasteiger partial charge in [0.15, 0.2) is 17.6 Å². The summed E-state index contributed by atoms with van der Waals surface area (Å²) in [5.41, 5.74) is 7.65. The fourth-order valence-corrected chi connectivity index (χ4v) is 3.00. The topological polar surface area (TPSA) is 95.1 Å². The molecule has 2 N–H and O–H groups in total. The second-order valence-corrected chi connectivity index (χ2v) is 6.99. The molecule has 0 saturated carbocycles. The summed E-state index contributed by atoms with van der Waals surface area (Å²) in [6.07, 6.45) is -0.246. The normalized spacial score (nSPS) is 11.3. The van der Waals surface area contributed by atoms with Crippen molar-refractivity contribution in [2.45, 2.75) is 39.7 Å². The lowest BCUT2D eigenvalue weighted by Gasteiger charge is -2.17.